The molecule has 0 aliphatic carbocycles. The molecule has 3 saturated heterocycles. The molecule has 2 aromatic rings. The van der Waals surface area contributed by atoms with Gasteiger partial charge in [-0.25, -0.2) is 9.97 Å². The number of rotatable bonds is 7. The lowest BCUT2D eigenvalue weighted by molar-refractivity contribution is -0.296. The zero-order valence-corrected chi connectivity index (χ0v) is 35.3. The topological polar surface area (TPSA) is 147 Å². The number of fused-ring (bicyclic) bond motifs is 1. The highest BCUT2D eigenvalue weighted by atomic mass is 32.1. The summed E-state index contributed by atoms with van der Waals surface area (Å²) in [6.07, 6.45) is -1.61. The van der Waals surface area contributed by atoms with Crippen LogP contribution in [-0.4, -0.2) is 113 Å². The average Bonchev–Trinajstić information content (AvgIpc) is 3.82. The minimum atomic E-state index is -1.37. The van der Waals surface area contributed by atoms with E-state index in [9.17, 15) is 19.5 Å². The molecule has 0 amide bonds. The first-order valence-electron chi connectivity index (χ1n) is 19.7. The largest absolute Gasteiger partial charge is 0.459 e. The quantitative estimate of drug-likeness (QED) is 0.163. The van der Waals surface area contributed by atoms with Gasteiger partial charge in [-0.3, -0.25) is 14.4 Å². The number of aliphatic hydroxyl groups excluding tert-OH is 1. The summed E-state index contributed by atoms with van der Waals surface area (Å²) in [4.78, 5) is 54.7. The molecule has 6 unspecified atom stereocenters. The van der Waals surface area contributed by atoms with Gasteiger partial charge in [0.05, 0.1) is 35.0 Å². The van der Waals surface area contributed by atoms with Crippen molar-refractivity contribution in [3.05, 3.63) is 47.8 Å². The van der Waals surface area contributed by atoms with Crippen LogP contribution >= 0.6 is 11.3 Å². The van der Waals surface area contributed by atoms with Crippen molar-refractivity contribution in [2.45, 2.75) is 123 Å². The Kier molecular flexibility index (Phi) is 14.1. The van der Waals surface area contributed by atoms with E-state index < -0.39 is 77.1 Å². The molecule has 0 radical (unpaired) electrons. The third kappa shape index (κ3) is 9.18. The van der Waals surface area contributed by atoms with Crippen LogP contribution < -0.4 is 0 Å². The van der Waals surface area contributed by atoms with Gasteiger partial charge in [-0.05, 0) is 90.1 Å². The first-order chi connectivity index (χ1) is 26.4. The summed E-state index contributed by atoms with van der Waals surface area (Å²) in [7, 11) is 3.76. The highest BCUT2D eigenvalue weighted by Gasteiger charge is 2.55. The van der Waals surface area contributed by atoms with Crippen LogP contribution in [-0.2, 0) is 38.1 Å². The fraction of sp³-hybridized carbons (Fsp3) is 0.651. The number of aliphatic hydroxyl groups is 1. The Labute approximate surface area is 335 Å². The number of Topliss-reactive ketones (excluding diaryl/α,β-unsaturated/α-hetero) is 2. The average molecular weight is 794 g/mol. The molecule has 1 N–H and O–H groups in total. The van der Waals surface area contributed by atoms with Crippen molar-refractivity contribution in [1.29, 1.82) is 0 Å². The van der Waals surface area contributed by atoms with Crippen LogP contribution in [0.5, 0.6) is 0 Å². The molecule has 306 valence electrons. The number of ether oxygens (including phenoxy) is 5. The zero-order chi connectivity index (χ0) is 41.1. The van der Waals surface area contributed by atoms with Gasteiger partial charge in [0.15, 0.2) is 12.1 Å². The second kappa shape index (κ2) is 18.1. The molecule has 13 heteroatoms. The van der Waals surface area contributed by atoms with Crippen LogP contribution in [0.15, 0.2) is 41.9 Å². The number of ketones is 2. The van der Waals surface area contributed by atoms with E-state index >= 15 is 0 Å². The minimum Gasteiger partial charge on any atom is -0.459 e. The van der Waals surface area contributed by atoms with Crippen LogP contribution in [0.25, 0.3) is 10.6 Å². The maximum atomic E-state index is 14.6. The van der Waals surface area contributed by atoms with E-state index in [0.29, 0.717) is 18.7 Å². The van der Waals surface area contributed by atoms with E-state index in [-0.39, 0.29) is 37.6 Å². The Bertz CT molecular complexity index is 1790. The number of hydrogen-bond donors (Lipinski definition) is 1. The number of likely N-dealkylation sites (N-methyl/N-ethyl adjacent to an activating group) is 1. The predicted octanol–water partition coefficient (Wildman–Crippen LogP) is 5.51. The number of carbonyl (C=O) groups is 3. The Balaban J connectivity index is 1.56. The van der Waals surface area contributed by atoms with E-state index in [1.54, 1.807) is 31.4 Å². The van der Waals surface area contributed by atoms with Crippen molar-refractivity contribution in [3.8, 4) is 22.4 Å². The molecule has 2 aromatic heterocycles. The molecular formula is C43H59N3O9S. The SMILES string of the molecule is C=C1CO[C@]2(C)C(CC)OC(=O)[C@H](C)C(=O)[C@H](C)[C@@H](O[C@H]3O[C@@H](C)CC(N(C)C)[C@@H]3O)C(C)(OCC#Cc3nccc(-c4cccs4)n3)CC(C)C(=O)C(C)C12. The lowest BCUT2D eigenvalue weighted by atomic mass is 9.69. The van der Waals surface area contributed by atoms with E-state index in [1.807, 2.05) is 77.2 Å². The molecule has 5 heterocycles. The molecular weight excluding hydrogens is 735 g/mol. The summed E-state index contributed by atoms with van der Waals surface area (Å²) in [5.41, 5.74) is -0.913. The van der Waals surface area contributed by atoms with Gasteiger partial charge in [-0.1, -0.05) is 46.3 Å². The van der Waals surface area contributed by atoms with Crippen molar-refractivity contribution in [2.75, 3.05) is 27.3 Å². The molecule has 3 aliphatic heterocycles. The fourth-order valence-corrected chi connectivity index (χ4v) is 9.64. The van der Waals surface area contributed by atoms with Gasteiger partial charge in [0.1, 0.15) is 36.1 Å². The van der Waals surface area contributed by atoms with Crippen LogP contribution in [0.4, 0.5) is 0 Å². The number of thiophene rings is 1. The van der Waals surface area contributed by atoms with Crippen LogP contribution in [0.1, 0.15) is 80.5 Å². The number of carbonyl (C=O) groups excluding carboxylic acids is 3. The van der Waals surface area contributed by atoms with Gasteiger partial charge in [-0.2, -0.15) is 0 Å². The molecule has 56 heavy (non-hydrogen) atoms. The lowest BCUT2D eigenvalue weighted by Crippen LogP contribution is -2.59. The van der Waals surface area contributed by atoms with Gasteiger partial charge >= 0.3 is 5.97 Å². The third-order valence-electron chi connectivity index (χ3n) is 12.0. The molecule has 13 atom stereocenters. The van der Waals surface area contributed by atoms with Crippen molar-refractivity contribution in [2.24, 2.45) is 29.6 Å². The molecule has 0 saturated carbocycles. The first kappa shape index (κ1) is 43.8. The number of cyclic esters (lactones) is 1. The summed E-state index contributed by atoms with van der Waals surface area (Å²) in [5, 5.41) is 13.6. The number of esters is 1. The van der Waals surface area contributed by atoms with Crippen LogP contribution in [0.2, 0.25) is 0 Å². The fourth-order valence-electron chi connectivity index (χ4n) is 8.95. The van der Waals surface area contributed by atoms with Crippen molar-refractivity contribution in [3.63, 3.8) is 0 Å². The molecule has 0 spiro atoms. The van der Waals surface area contributed by atoms with E-state index in [4.69, 9.17) is 23.7 Å². The Morgan fingerprint density at radius 2 is 1.82 bits per heavy atom. The summed E-state index contributed by atoms with van der Waals surface area (Å²) >= 11 is 1.56. The first-order valence-corrected chi connectivity index (χ1v) is 20.5. The number of nitrogens with zero attached hydrogens (tertiary/aromatic N) is 3. The predicted molar refractivity (Wildman–Crippen MR) is 212 cm³/mol. The number of hydrogen-bond acceptors (Lipinski definition) is 13. The van der Waals surface area contributed by atoms with Gasteiger partial charge in [0.25, 0.3) is 0 Å². The summed E-state index contributed by atoms with van der Waals surface area (Å²) in [6.45, 7) is 18.7. The van der Waals surface area contributed by atoms with E-state index in [2.05, 4.69) is 28.4 Å². The van der Waals surface area contributed by atoms with Crippen LogP contribution in [0, 0.1) is 41.4 Å². The molecule has 12 nitrogen and oxygen atoms in total. The molecule has 0 aromatic carbocycles. The smallest absolute Gasteiger partial charge is 0.316 e. The van der Waals surface area contributed by atoms with Gasteiger partial charge in [-0.15, -0.1) is 11.3 Å². The van der Waals surface area contributed by atoms with E-state index in [0.717, 1.165) is 16.1 Å². The highest BCUT2D eigenvalue weighted by Crippen LogP contribution is 2.46. The van der Waals surface area contributed by atoms with E-state index in [1.165, 1.54) is 6.92 Å². The molecule has 0 bridgehead atoms. The van der Waals surface area contributed by atoms with Crippen molar-refractivity contribution in [1.82, 2.24) is 14.9 Å². The van der Waals surface area contributed by atoms with Gasteiger partial charge in [0, 0.05) is 35.9 Å². The monoisotopic (exact) mass is 793 g/mol. The van der Waals surface area contributed by atoms with Gasteiger partial charge in [0.2, 0.25) is 5.82 Å². The zero-order valence-electron chi connectivity index (χ0n) is 34.4. The highest BCUT2D eigenvalue weighted by molar-refractivity contribution is 7.13. The lowest BCUT2D eigenvalue weighted by Gasteiger charge is -2.47. The third-order valence-corrected chi connectivity index (χ3v) is 12.9. The molecule has 3 fully saturated rings. The second-order valence-corrected chi connectivity index (χ2v) is 17.4. The second-order valence-electron chi connectivity index (χ2n) is 16.4. The minimum absolute atomic E-state index is 0.0628. The summed E-state index contributed by atoms with van der Waals surface area (Å²) in [5.74, 6) is 1.35. The Morgan fingerprint density at radius 3 is 2.48 bits per heavy atom. The molecule has 5 rings (SSSR count). The van der Waals surface area contributed by atoms with Crippen molar-refractivity contribution < 1.29 is 43.2 Å². The van der Waals surface area contributed by atoms with Crippen LogP contribution in [0.3, 0.4) is 0 Å². The van der Waals surface area contributed by atoms with Crippen molar-refractivity contribution >= 4 is 28.9 Å². The normalized spacial score (nSPS) is 37.4. The summed E-state index contributed by atoms with van der Waals surface area (Å²) < 4.78 is 32.0. The Hall–Kier alpha value is -3.35. The number of aromatic nitrogens is 2. The van der Waals surface area contributed by atoms with Gasteiger partial charge < -0.3 is 33.7 Å². The summed E-state index contributed by atoms with van der Waals surface area (Å²) in [6, 6.07) is 5.45. The Morgan fingerprint density at radius 1 is 1.09 bits per heavy atom. The maximum absolute atomic E-state index is 14.6. The molecule has 3 aliphatic rings. The maximum Gasteiger partial charge on any atom is 0.316 e. The standard InChI is InChI=1S/C43H59N3O9S/c1-12-33-43(9)35(25(3)23-52-43)27(5)36(47)24(2)22-42(8,51-19-13-16-34-44-18-17-30(45-34)32-15-14-20-56-32)39(28(6)37(48)29(7)40(50)54-33)55-41-38(49)31(46(10)11)21-26(4)53-41/h14-15,17-18,20,24,26-29,31,33,35,38-39,41,49H,3,12,19,21-23H2,1-2,4-11H3/t24?,26-,27?,28-,29+,31?,33?,35?,38-,39+,41+,42?,43+/m0/s1.